The van der Waals surface area contributed by atoms with Gasteiger partial charge >= 0.3 is 0 Å². The molecule has 0 saturated heterocycles. The molecule has 3 heterocycles. The van der Waals surface area contributed by atoms with Gasteiger partial charge in [-0.2, -0.15) is 0 Å². The number of amides is 1. The van der Waals surface area contributed by atoms with E-state index in [1.54, 1.807) is 34.6 Å². The molecule has 27 heavy (non-hydrogen) atoms. The second-order valence-electron chi connectivity index (χ2n) is 5.92. The molecular formula is C18H13ClN4O3S. The van der Waals surface area contributed by atoms with Crippen LogP contribution in [0.5, 0.6) is 0 Å². The zero-order valence-corrected chi connectivity index (χ0v) is 15.4. The van der Waals surface area contributed by atoms with Crippen LogP contribution in [0.25, 0.3) is 0 Å². The fourth-order valence-electron chi connectivity index (χ4n) is 3.00. The number of carbonyl (C=O) groups excluding carboxylic acids is 1. The van der Waals surface area contributed by atoms with E-state index in [0.717, 1.165) is 4.88 Å². The number of rotatable bonds is 5. The van der Waals surface area contributed by atoms with Crippen LogP contribution < -0.4 is 5.32 Å². The summed E-state index contributed by atoms with van der Waals surface area (Å²) < 4.78 is 0. The lowest BCUT2D eigenvalue weighted by Gasteiger charge is -2.26. The van der Waals surface area contributed by atoms with Gasteiger partial charge in [0.1, 0.15) is 6.17 Å². The van der Waals surface area contributed by atoms with Crippen molar-refractivity contribution in [3.63, 3.8) is 0 Å². The van der Waals surface area contributed by atoms with Crippen LogP contribution in [0.2, 0.25) is 5.02 Å². The summed E-state index contributed by atoms with van der Waals surface area (Å²) in [5.74, 6) is -0.123. The molecule has 1 aliphatic rings. The minimum absolute atomic E-state index is 0.0954. The minimum Gasteiger partial charge on any atom is -0.359 e. The SMILES string of the molecule is O=C1c2cccnc2[C@@H](Nc2ccc([N+](=O)[O-])cc2Cl)N1Cc1cccs1. The van der Waals surface area contributed by atoms with Gasteiger partial charge in [0.05, 0.1) is 33.4 Å². The number of fused-ring (bicyclic) bond motifs is 1. The maximum atomic E-state index is 12.9. The standard InChI is InChI=1S/C18H13ClN4O3S/c19-14-9-11(23(25)26)5-6-15(14)21-17-16-13(4-1-7-20-16)18(24)22(17)10-12-3-2-8-27-12/h1-9,17,21H,10H2/t17-/m0/s1. The van der Waals surface area contributed by atoms with Crippen molar-refractivity contribution in [1.29, 1.82) is 0 Å². The van der Waals surface area contributed by atoms with E-state index >= 15 is 0 Å². The lowest BCUT2D eigenvalue weighted by atomic mass is 10.2. The van der Waals surface area contributed by atoms with E-state index in [0.29, 0.717) is 23.5 Å². The Labute approximate surface area is 163 Å². The fourth-order valence-corrected chi connectivity index (χ4v) is 3.93. The van der Waals surface area contributed by atoms with Crippen molar-refractivity contribution < 1.29 is 9.72 Å². The van der Waals surface area contributed by atoms with Gasteiger partial charge in [-0.1, -0.05) is 17.7 Å². The minimum atomic E-state index is -0.519. The average Bonchev–Trinajstić information content (AvgIpc) is 3.26. The summed E-state index contributed by atoms with van der Waals surface area (Å²) in [4.78, 5) is 30.4. The van der Waals surface area contributed by atoms with Crippen molar-refractivity contribution in [3.8, 4) is 0 Å². The summed E-state index contributed by atoms with van der Waals surface area (Å²) in [5, 5.41) is 16.3. The average molecular weight is 401 g/mol. The lowest BCUT2D eigenvalue weighted by Crippen LogP contribution is -2.31. The summed E-state index contributed by atoms with van der Waals surface area (Å²) in [6.07, 6.45) is 1.11. The highest BCUT2D eigenvalue weighted by atomic mass is 35.5. The summed E-state index contributed by atoms with van der Waals surface area (Å²) in [6.45, 7) is 0.426. The molecular weight excluding hydrogens is 388 g/mol. The predicted molar refractivity (Wildman–Crippen MR) is 103 cm³/mol. The van der Waals surface area contributed by atoms with E-state index < -0.39 is 11.1 Å². The van der Waals surface area contributed by atoms with Gasteiger partial charge in [-0.15, -0.1) is 11.3 Å². The van der Waals surface area contributed by atoms with Crippen molar-refractivity contribution in [3.05, 3.63) is 85.3 Å². The van der Waals surface area contributed by atoms with Crippen LogP contribution in [-0.4, -0.2) is 20.7 Å². The first-order valence-electron chi connectivity index (χ1n) is 8.03. The molecule has 0 saturated carbocycles. The molecule has 3 aromatic rings. The summed E-state index contributed by atoms with van der Waals surface area (Å²) in [5.41, 5.74) is 1.54. The predicted octanol–water partition coefficient (Wildman–Crippen LogP) is 4.47. The molecule has 9 heteroatoms. The van der Waals surface area contributed by atoms with Gasteiger partial charge < -0.3 is 10.2 Å². The molecule has 0 spiro atoms. The number of nitro groups is 1. The molecule has 0 unspecified atom stereocenters. The Morgan fingerprint density at radius 1 is 1.30 bits per heavy atom. The molecule has 0 bridgehead atoms. The van der Waals surface area contributed by atoms with Crippen LogP contribution in [0.4, 0.5) is 11.4 Å². The van der Waals surface area contributed by atoms with Crippen LogP contribution in [0.3, 0.4) is 0 Å². The maximum absolute atomic E-state index is 12.9. The summed E-state index contributed by atoms with van der Waals surface area (Å²) in [6, 6.07) is 11.5. The van der Waals surface area contributed by atoms with Crippen LogP contribution in [0, 0.1) is 10.1 Å². The van der Waals surface area contributed by atoms with Gasteiger partial charge in [-0.05, 0) is 29.6 Å². The molecule has 0 fully saturated rings. The van der Waals surface area contributed by atoms with Crippen molar-refractivity contribution >= 4 is 40.2 Å². The Morgan fingerprint density at radius 3 is 2.85 bits per heavy atom. The Balaban J connectivity index is 1.69. The van der Waals surface area contributed by atoms with E-state index in [1.807, 2.05) is 17.5 Å². The number of hydrogen-bond donors (Lipinski definition) is 1. The molecule has 2 aromatic heterocycles. The van der Waals surface area contributed by atoms with Crippen molar-refractivity contribution in [2.75, 3.05) is 5.32 Å². The molecule has 1 N–H and O–H groups in total. The number of anilines is 1. The number of thiophene rings is 1. The lowest BCUT2D eigenvalue weighted by molar-refractivity contribution is -0.384. The molecule has 0 aliphatic carbocycles. The number of aromatic nitrogens is 1. The van der Waals surface area contributed by atoms with Crippen molar-refractivity contribution in [2.24, 2.45) is 0 Å². The summed E-state index contributed by atoms with van der Waals surface area (Å²) >= 11 is 7.78. The second-order valence-corrected chi connectivity index (χ2v) is 7.36. The van der Waals surface area contributed by atoms with Gasteiger partial charge in [0.2, 0.25) is 0 Å². The number of nitrogens with one attached hydrogen (secondary N) is 1. The quantitative estimate of drug-likeness (QED) is 0.504. The van der Waals surface area contributed by atoms with E-state index in [2.05, 4.69) is 10.3 Å². The van der Waals surface area contributed by atoms with Crippen LogP contribution in [-0.2, 0) is 6.54 Å². The van der Waals surface area contributed by atoms with Gasteiger partial charge in [-0.25, -0.2) is 0 Å². The molecule has 1 aromatic carbocycles. The monoisotopic (exact) mass is 400 g/mol. The normalized spacial score (nSPS) is 15.7. The van der Waals surface area contributed by atoms with E-state index in [9.17, 15) is 14.9 Å². The maximum Gasteiger partial charge on any atom is 0.271 e. The van der Waals surface area contributed by atoms with Crippen molar-refractivity contribution in [1.82, 2.24) is 9.88 Å². The number of pyridine rings is 1. The van der Waals surface area contributed by atoms with Crippen LogP contribution in [0.1, 0.15) is 27.1 Å². The zero-order chi connectivity index (χ0) is 19.0. The second kappa shape index (κ2) is 6.98. The third-order valence-corrected chi connectivity index (χ3v) is 5.44. The Hall–Kier alpha value is -2.97. The van der Waals surface area contributed by atoms with Gasteiger partial charge in [0, 0.05) is 23.2 Å². The first-order chi connectivity index (χ1) is 13.0. The number of hydrogen-bond acceptors (Lipinski definition) is 6. The van der Waals surface area contributed by atoms with Gasteiger partial charge in [-0.3, -0.25) is 19.9 Å². The van der Waals surface area contributed by atoms with Crippen LogP contribution >= 0.6 is 22.9 Å². The first-order valence-corrected chi connectivity index (χ1v) is 9.29. The molecule has 1 amide bonds. The number of nitro benzene ring substituents is 1. The molecule has 1 aliphatic heterocycles. The highest BCUT2D eigenvalue weighted by molar-refractivity contribution is 7.09. The molecule has 0 radical (unpaired) electrons. The topological polar surface area (TPSA) is 88.4 Å². The van der Waals surface area contributed by atoms with E-state index in [1.165, 1.54) is 18.2 Å². The van der Waals surface area contributed by atoms with E-state index in [4.69, 9.17) is 11.6 Å². The Kier molecular flexibility index (Phi) is 4.51. The first kappa shape index (κ1) is 17.4. The number of carbonyl (C=O) groups is 1. The molecule has 4 rings (SSSR count). The molecule has 7 nitrogen and oxygen atoms in total. The number of non-ortho nitro benzene ring substituents is 1. The number of halogens is 1. The largest absolute Gasteiger partial charge is 0.359 e. The van der Waals surface area contributed by atoms with E-state index in [-0.39, 0.29) is 16.6 Å². The smallest absolute Gasteiger partial charge is 0.271 e. The number of nitrogens with zero attached hydrogens (tertiary/aromatic N) is 3. The highest BCUT2D eigenvalue weighted by Crippen LogP contribution is 2.37. The summed E-state index contributed by atoms with van der Waals surface area (Å²) in [7, 11) is 0. The number of benzene rings is 1. The molecule has 136 valence electrons. The Bertz CT molecular complexity index is 1030. The Morgan fingerprint density at radius 2 is 2.15 bits per heavy atom. The van der Waals surface area contributed by atoms with Crippen molar-refractivity contribution in [2.45, 2.75) is 12.7 Å². The van der Waals surface area contributed by atoms with Crippen LogP contribution in [0.15, 0.2) is 54.0 Å². The third-order valence-electron chi connectivity index (χ3n) is 4.26. The zero-order valence-electron chi connectivity index (χ0n) is 13.8. The van der Waals surface area contributed by atoms with Gasteiger partial charge in [0.25, 0.3) is 11.6 Å². The fraction of sp³-hybridized carbons (Fsp3) is 0.111. The third kappa shape index (κ3) is 3.24. The molecule has 1 atom stereocenters. The van der Waals surface area contributed by atoms with Gasteiger partial charge in [0.15, 0.2) is 0 Å². The highest BCUT2D eigenvalue weighted by Gasteiger charge is 2.38.